The van der Waals surface area contributed by atoms with E-state index in [1.807, 2.05) is 16.9 Å². The van der Waals surface area contributed by atoms with Gasteiger partial charge >= 0.3 is 0 Å². The summed E-state index contributed by atoms with van der Waals surface area (Å²) in [4.78, 5) is 27.9. The van der Waals surface area contributed by atoms with Crippen LogP contribution >= 0.6 is 0 Å². The maximum atomic E-state index is 14.3. The number of carbonyl (C=O) groups excluding carboxylic acids is 1. The summed E-state index contributed by atoms with van der Waals surface area (Å²) in [7, 11) is 0. The van der Waals surface area contributed by atoms with E-state index in [1.165, 1.54) is 12.1 Å². The van der Waals surface area contributed by atoms with Crippen molar-refractivity contribution < 1.29 is 13.6 Å². The van der Waals surface area contributed by atoms with Gasteiger partial charge in [0.05, 0.1) is 22.4 Å². The lowest BCUT2D eigenvalue weighted by molar-refractivity contribution is 0.102. The molecule has 5 rings (SSSR count). The molecule has 4 aromatic rings. The Morgan fingerprint density at radius 2 is 1.76 bits per heavy atom. The van der Waals surface area contributed by atoms with Crippen LogP contribution < -0.4 is 15.8 Å². The lowest BCUT2D eigenvalue weighted by Crippen LogP contribution is -2.27. The molecule has 3 heterocycles. The smallest absolute Gasteiger partial charge is 0.276 e. The van der Waals surface area contributed by atoms with Gasteiger partial charge in [0.2, 0.25) is 0 Å². The topological polar surface area (TPSA) is 85.1 Å². The van der Waals surface area contributed by atoms with Gasteiger partial charge in [-0.05, 0) is 63.4 Å². The zero-order valence-electron chi connectivity index (χ0n) is 21.1. The van der Waals surface area contributed by atoms with E-state index in [2.05, 4.69) is 43.0 Å². The molecule has 2 aromatic carbocycles. The number of rotatable bonds is 4. The molecule has 10 heteroatoms. The van der Waals surface area contributed by atoms with Crippen molar-refractivity contribution in [3.8, 4) is 5.69 Å². The Balaban J connectivity index is 1.56. The number of carbonyl (C=O) groups is 1. The second-order valence-electron chi connectivity index (χ2n) is 10.5. The number of hydrogen-bond acceptors (Lipinski definition) is 5. The molecule has 0 spiro atoms. The number of anilines is 2. The number of hydrogen-bond donors (Lipinski definition) is 1. The average molecular weight is 507 g/mol. The largest absolute Gasteiger partial charge is 0.369 e. The third kappa shape index (κ3) is 4.59. The summed E-state index contributed by atoms with van der Waals surface area (Å²) in [5.41, 5.74) is 0.458. The first kappa shape index (κ1) is 24.6. The minimum Gasteiger partial charge on any atom is -0.369 e. The molecule has 1 atom stereocenters. The summed E-state index contributed by atoms with van der Waals surface area (Å²) in [5.74, 6) is -2.03. The van der Waals surface area contributed by atoms with Crippen LogP contribution in [-0.4, -0.2) is 38.6 Å². The van der Waals surface area contributed by atoms with E-state index in [0.717, 1.165) is 54.3 Å². The van der Waals surface area contributed by atoms with Gasteiger partial charge in [-0.25, -0.2) is 8.78 Å². The van der Waals surface area contributed by atoms with Gasteiger partial charge < -0.3 is 10.2 Å². The van der Waals surface area contributed by atoms with Crippen molar-refractivity contribution in [1.29, 1.82) is 0 Å². The molecule has 1 aliphatic rings. The maximum Gasteiger partial charge on any atom is 0.276 e. The molecule has 0 saturated carbocycles. The summed E-state index contributed by atoms with van der Waals surface area (Å²) in [5, 5.41) is 12.5. The van der Waals surface area contributed by atoms with E-state index < -0.39 is 28.8 Å². The van der Waals surface area contributed by atoms with Crippen LogP contribution in [0.4, 0.5) is 20.2 Å². The van der Waals surface area contributed by atoms with E-state index in [0.29, 0.717) is 16.3 Å². The van der Waals surface area contributed by atoms with E-state index in [4.69, 9.17) is 5.10 Å². The molecule has 0 bridgehead atoms. The molecule has 8 nitrogen and oxygen atoms in total. The number of halogens is 2. The Bertz CT molecular complexity index is 1550. The van der Waals surface area contributed by atoms with Gasteiger partial charge in [-0.1, -0.05) is 13.0 Å². The molecular formula is C27H28F2N6O2. The Morgan fingerprint density at radius 1 is 1.03 bits per heavy atom. The molecule has 1 amide bonds. The predicted molar refractivity (Wildman–Crippen MR) is 138 cm³/mol. The molecule has 0 radical (unpaired) electrons. The molecule has 192 valence electrons. The zero-order chi connectivity index (χ0) is 26.5. The molecule has 1 N–H and O–H groups in total. The molecule has 0 aliphatic carbocycles. The summed E-state index contributed by atoms with van der Waals surface area (Å²) in [6.45, 7) is 10.1. The second kappa shape index (κ2) is 9.10. The Morgan fingerprint density at radius 3 is 2.41 bits per heavy atom. The molecule has 2 aromatic heterocycles. The van der Waals surface area contributed by atoms with Crippen LogP contribution in [0.2, 0.25) is 0 Å². The summed E-state index contributed by atoms with van der Waals surface area (Å²) < 4.78 is 31.1. The van der Waals surface area contributed by atoms with Crippen molar-refractivity contribution >= 4 is 28.2 Å². The van der Waals surface area contributed by atoms with Crippen molar-refractivity contribution in [2.24, 2.45) is 5.92 Å². The van der Waals surface area contributed by atoms with E-state index in [9.17, 15) is 18.4 Å². The van der Waals surface area contributed by atoms with Gasteiger partial charge in [-0.15, -0.1) is 0 Å². The van der Waals surface area contributed by atoms with E-state index in [1.54, 1.807) is 6.07 Å². The molecule has 1 saturated heterocycles. The predicted octanol–water partition coefficient (Wildman–Crippen LogP) is 4.71. The normalized spacial score (nSPS) is 15.9. The van der Waals surface area contributed by atoms with Crippen LogP contribution in [0, 0.1) is 17.6 Å². The SMILES string of the molecule is C[C@@H]1CCN(c2c(NC(=O)c3ccc(=O)n(-c4c(F)cccc4F)n3)ccc3nn(C(C)(C)C)cc23)C1. The van der Waals surface area contributed by atoms with Gasteiger partial charge in [0.1, 0.15) is 11.4 Å². The number of fused-ring (bicyclic) bond motifs is 1. The van der Waals surface area contributed by atoms with Crippen molar-refractivity contribution in [2.75, 3.05) is 23.3 Å². The maximum absolute atomic E-state index is 14.3. The first-order valence-electron chi connectivity index (χ1n) is 12.2. The van der Waals surface area contributed by atoms with Crippen LogP contribution in [0.3, 0.4) is 0 Å². The highest BCUT2D eigenvalue weighted by atomic mass is 19.1. The Kier molecular flexibility index (Phi) is 6.05. The summed E-state index contributed by atoms with van der Waals surface area (Å²) in [6, 6.07) is 9.18. The van der Waals surface area contributed by atoms with E-state index >= 15 is 0 Å². The minimum absolute atomic E-state index is 0.159. The zero-order valence-corrected chi connectivity index (χ0v) is 21.1. The van der Waals surface area contributed by atoms with Crippen molar-refractivity contribution in [1.82, 2.24) is 19.6 Å². The van der Waals surface area contributed by atoms with Gasteiger partial charge in [0.15, 0.2) is 11.6 Å². The highest BCUT2D eigenvalue weighted by molar-refractivity contribution is 6.08. The lowest BCUT2D eigenvalue weighted by atomic mass is 10.1. The molecule has 0 unspecified atom stereocenters. The summed E-state index contributed by atoms with van der Waals surface area (Å²) >= 11 is 0. The lowest BCUT2D eigenvalue weighted by Gasteiger charge is -2.23. The third-order valence-corrected chi connectivity index (χ3v) is 6.52. The minimum atomic E-state index is -0.959. The fourth-order valence-electron chi connectivity index (χ4n) is 4.57. The van der Waals surface area contributed by atoms with Crippen molar-refractivity contribution in [3.63, 3.8) is 0 Å². The van der Waals surface area contributed by atoms with Crippen LogP contribution in [0.15, 0.2) is 53.5 Å². The highest BCUT2D eigenvalue weighted by Crippen LogP contribution is 2.38. The van der Waals surface area contributed by atoms with Gasteiger partial charge in [-0.3, -0.25) is 14.3 Å². The van der Waals surface area contributed by atoms with Crippen LogP contribution in [0.5, 0.6) is 0 Å². The molecule has 37 heavy (non-hydrogen) atoms. The standard InChI is InChI=1S/C27H28F2N6O2/c1-16-12-13-33(14-16)24-17-15-34(27(2,3)4)31-20(17)8-9-21(24)30-26(37)22-10-11-23(36)35(32-22)25-18(28)6-5-7-19(25)29/h5-11,15-16H,12-14H2,1-4H3,(H,30,37)/t16-/m1/s1. The molecule has 1 aliphatic heterocycles. The van der Waals surface area contributed by atoms with E-state index in [-0.39, 0.29) is 11.2 Å². The monoisotopic (exact) mass is 506 g/mol. The quantitative estimate of drug-likeness (QED) is 0.433. The number of para-hydroxylation sites is 1. The van der Waals surface area contributed by atoms with Crippen LogP contribution in [0.25, 0.3) is 16.6 Å². The number of benzene rings is 2. The second-order valence-corrected chi connectivity index (χ2v) is 10.5. The first-order chi connectivity index (χ1) is 17.5. The fraction of sp³-hybridized carbons (Fsp3) is 0.333. The number of nitrogens with one attached hydrogen (secondary N) is 1. The average Bonchev–Trinajstić information content (AvgIpc) is 3.46. The highest BCUT2D eigenvalue weighted by Gasteiger charge is 2.26. The van der Waals surface area contributed by atoms with Crippen LogP contribution in [-0.2, 0) is 5.54 Å². The van der Waals surface area contributed by atoms with Gasteiger partial charge in [-0.2, -0.15) is 14.9 Å². The number of amides is 1. The van der Waals surface area contributed by atoms with Crippen molar-refractivity contribution in [3.05, 3.63) is 76.3 Å². The number of aromatic nitrogens is 4. The number of nitrogens with zero attached hydrogens (tertiary/aromatic N) is 5. The van der Waals surface area contributed by atoms with Crippen LogP contribution in [0.1, 0.15) is 44.6 Å². The molecular weight excluding hydrogens is 478 g/mol. The van der Waals surface area contributed by atoms with Gasteiger partial charge in [0, 0.05) is 30.7 Å². The molecule has 1 fully saturated rings. The Hall–Kier alpha value is -4.08. The summed E-state index contributed by atoms with van der Waals surface area (Å²) in [6.07, 6.45) is 3.01. The Labute approximate surface area is 212 Å². The third-order valence-electron chi connectivity index (χ3n) is 6.52. The van der Waals surface area contributed by atoms with Crippen molar-refractivity contribution in [2.45, 2.75) is 39.7 Å². The fourth-order valence-corrected chi connectivity index (χ4v) is 4.57. The van der Waals surface area contributed by atoms with Gasteiger partial charge in [0.25, 0.3) is 11.5 Å². The first-order valence-corrected chi connectivity index (χ1v) is 12.2.